The average Bonchev–Trinajstić information content (AvgIpc) is 2.36. The molecule has 0 radical (unpaired) electrons. The third-order valence-electron chi connectivity index (χ3n) is 3.09. The van der Waals surface area contributed by atoms with Gasteiger partial charge < -0.3 is 14.7 Å². The van der Waals surface area contributed by atoms with Gasteiger partial charge in [-0.1, -0.05) is 6.07 Å². The van der Waals surface area contributed by atoms with E-state index < -0.39 is 5.97 Å². The summed E-state index contributed by atoms with van der Waals surface area (Å²) >= 11 is 0. The summed E-state index contributed by atoms with van der Waals surface area (Å²) in [5.41, 5.74) is 3.12. The highest BCUT2D eigenvalue weighted by Gasteiger charge is 2.11. The van der Waals surface area contributed by atoms with Crippen molar-refractivity contribution in [3.05, 3.63) is 35.4 Å². The first-order valence-corrected chi connectivity index (χ1v) is 6.19. The molecule has 0 amide bonds. The number of likely N-dealkylation sites (N-methyl/N-ethyl adjacent to an activating group) is 1. The summed E-state index contributed by atoms with van der Waals surface area (Å²) in [5.74, 6) is -0.937. The Bertz CT molecular complexity index is 468. The van der Waals surface area contributed by atoms with Crippen molar-refractivity contribution >= 4 is 17.7 Å². The highest BCUT2D eigenvalue weighted by Crippen LogP contribution is 2.22. The molecule has 0 saturated heterocycles. The number of benzene rings is 1. The van der Waals surface area contributed by atoms with Gasteiger partial charge in [-0.15, -0.1) is 0 Å². The van der Waals surface area contributed by atoms with Gasteiger partial charge in [0.15, 0.2) is 0 Å². The first-order valence-electron chi connectivity index (χ1n) is 6.19. The van der Waals surface area contributed by atoms with E-state index in [1.165, 1.54) is 0 Å². The van der Waals surface area contributed by atoms with E-state index in [0.717, 1.165) is 22.9 Å². The number of hydrogen-bond acceptors (Lipinski definition) is 3. The van der Waals surface area contributed by atoms with Crippen LogP contribution in [-0.2, 0) is 9.53 Å². The van der Waals surface area contributed by atoms with Crippen molar-refractivity contribution in [2.75, 3.05) is 25.7 Å². The summed E-state index contributed by atoms with van der Waals surface area (Å²) in [5, 5.41) is 8.61. The summed E-state index contributed by atoms with van der Waals surface area (Å²) in [4.78, 5) is 12.6. The Labute approximate surface area is 114 Å². The molecule has 1 aromatic rings. The number of rotatable bonds is 6. The molecule has 0 heterocycles. The van der Waals surface area contributed by atoms with Gasteiger partial charge in [0.2, 0.25) is 0 Å². The van der Waals surface area contributed by atoms with Gasteiger partial charge in [-0.3, -0.25) is 0 Å². The van der Waals surface area contributed by atoms with E-state index in [2.05, 4.69) is 11.8 Å². The van der Waals surface area contributed by atoms with Crippen LogP contribution in [0.25, 0.3) is 6.08 Å². The maximum Gasteiger partial charge on any atom is 0.328 e. The van der Waals surface area contributed by atoms with E-state index in [1.54, 1.807) is 13.2 Å². The molecule has 0 fully saturated rings. The zero-order valence-electron chi connectivity index (χ0n) is 11.9. The second kappa shape index (κ2) is 6.95. The lowest BCUT2D eigenvalue weighted by molar-refractivity contribution is -0.131. The van der Waals surface area contributed by atoms with Gasteiger partial charge in [-0.05, 0) is 43.2 Å². The average molecular weight is 263 g/mol. The van der Waals surface area contributed by atoms with Crippen LogP contribution in [0.5, 0.6) is 0 Å². The fourth-order valence-corrected chi connectivity index (χ4v) is 1.94. The maximum absolute atomic E-state index is 10.5. The molecule has 0 aliphatic rings. The van der Waals surface area contributed by atoms with Crippen molar-refractivity contribution in [1.82, 2.24) is 0 Å². The van der Waals surface area contributed by atoms with E-state index >= 15 is 0 Å². The number of nitrogens with zero attached hydrogens (tertiary/aromatic N) is 1. The molecule has 0 bridgehead atoms. The number of hydrogen-bond donors (Lipinski definition) is 1. The summed E-state index contributed by atoms with van der Waals surface area (Å²) in [6, 6.07) is 6.18. The number of carboxylic acid groups (broad SMARTS) is 1. The lowest BCUT2D eigenvalue weighted by Crippen LogP contribution is -2.33. The monoisotopic (exact) mass is 263 g/mol. The van der Waals surface area contributed by atoms with Crippen LogP contribution in [0.1, 0.15) is 18.1 Å². The molecule has 1 rings (SSSR count). The van der Waals surface area contributed by atoms with Crippen LogP contribution in [0, 0.1) is 6.92 Å². The van der Waals surface area contributed by atoms with Gasteiger partial charge >= 0.3 is 5.97 Å². The largest absolute Gasteiger partial charge is 0.478 e. The van der Waals surface area contributed by atoms with Gasteiger partial charge in [-0.25, -0.2) is 4.79 Å². The molecule has 19 heavy (non-hydrogen) atoms. The summed E-state index contributed by atoms with van der Waals surface area (Å²) in [7, 11) is 3.72. The summed E-state index contributed by atoms with van der Waals surface area (Å²) in [6.45, 7) is 4.78. The first-order chi connectivity index (χ1) is 8.95. The fourth-order valence-electron chi connectivity index (χ4n) is 1.94. The van der Waals surface area contributed by atoms with Crippen LogP contribution in [0.4, 0.5) is 5.69 Å². The van der Waals surface area contributed by atoms with Crippen molar-refractivity contribution < 1.29 is 14.6 Å². The van der Waals surface area contributed by atoms with Crippen LogP contribution in [0.15, 0.2) is 24.3 Å². The third-order valence-corrected chi connectivity index (χ3v) is 3.09. The standard InChI is InChI=1S/C15H21NO3/c1-11-9-13(6-8-15(17)18)5-7-14(11)16(3)12(2)10-19-4/h5-9,12H,10H2,1-4H3,(H,17,18). The molecule has 0 spiro atoms. The van der Waals surface area contributed by atoms with Crippen LogP contribution >= 0.6 is 0 Å². The van der Waals surface area contributed by atoms with Crippen molar-refractivity contribution in [2.45, 2.75) is 19.9 Å². The first kappa shape index (κ1) is 15.2. The number of carboxylic acids is 1. The lowest BCUT2D eigenvalue weighted by Gasteiger charge is -2.28. The molecule has 4 heteroatoms. The minimum absolute atomic E-state index is 0.282. The number of aryl methyl sites for hydroxylation is 1. The zero-order valence-corrected chi connectivity index (χ0v) is 11.9. The molecular formula is C15H21NO3. The molecule has 1 unspecified atom stereocenters. The number of methoxy groups -OCH3 is 1. The van der Waals surface area contributed by atoms with Gasteiger partial charge in [0, 0.05) is 32.0 Å². The summed E-state index contributed by atoms with van der Waals surface area (Å²) in [6.07, 6.45) is 2.74. The summed E-state index contributed by atoms with van der Waals surface area (Å²) < 4.78 is 5.16. The van der Waals surface area contributed by atoms with Crippen molar-refractivity contribution in [3.63, 3.8) is 0 Å². The smallest absolute Gasteiger partial charge is 0.328 e. The number of anilines is 1. The molecule has 1 N–H and O–H groups in total. The van der Waals surface area contributed by atoms with Gasteiger partial charge in [0.1, 0.15) is 0 Å². The third kappa shape index (κ3) is 4.41. The Morgan fingerprint density at radius 1 is 1.53 bits per heavy atom. The van der Waals surface area contributed by atoms with E-state index in [9.17, 15) is 4.79 Å². The molecule has 1 aromatic carbocycles. The Balaban J connectivity index is 2.91. The van der Waals surface area contributed by atoms with Crippen molar-refractivity contribution in [1.29, 1.82) is 0 Å². The van der Waals surface area contributed by atoms with E-state index in [4.69, 9.17) is 9.84 Å². The van der Waals surface area contributed by atoms with E-state index in [-0.39, 0.29) is 6.04 Å². The number of aliphatic carboxylic acids is 1. The van der Waals surface area contributed by atoms with Crippen molar-refractivity contribution in [2.24, 2.45) is 0 Å². The van der Waals surface area contributed by atoms with E-state index in [1.807, 2.05) is 32.2 Å². The predicted octanol–water partition coefficient (Wildman–Crippen LogP) is 2.56. The minimum atomic E-state index is -0.937. The molecule has 0 aliphatic heterocycles. The van der Waals surface area contributed by atoms with Gasteiger partial charge in [-0.2, -0.15) is 0 Å². The second-order valence-corrected chi connectivity index (χ2v) is 4.63. The molecule has 0 aromatic heterocycles. The fraction of sp³-hybridized carbons (Fsp3) is 0.400. The van der Waals surface area contributed by atoms with Crippen LogP contribution in [0.3, 0.4) is 0 Å². The minimum Gasteiger partial charge on any atom is -0.478 e. The van der Waals surface area contributed by atoms with Crippen LogP contribution < -0.4 is 4.90 Å². The molecule has 1 atom stereocenters. The van der Waals surface area contributed by atoms with Crippen LogP contribution in [0.2, 0.25) is 0 Å². The highest BCUT2D eigenvalue weighted by molar-refractivity contribution is 5.85. The maximum atomic E-state index is 10.5. The lowest BCUT2D eigenvalue weighted by atomic mass is 10.1. The quantitative estimate of drug-likeness (QED) is 0.801. The SMILES string of the molecule is COCC(C)N(C)c1ccc(C=CC(=O)O)cc1C. The number of ether oxygens (including phenoxy) is 1. The Kier molecular flexibility index (Phi) is 5.57. The molecule has 0 saturated carbocycles. The molecular weight excluding hydrogens is 242 g/mol. The molecule has 0 aliphatic carbocycles. The molecule has 104 valence electrons. The van der Waals surface area contributed by atoms with E-state index in [0.29, 0.717) is 6.61 Å². The zero-order chi connectivity index (χ0) is 14.4. The Morgan fingerprint density at radius 2 is 2.21 bits per heavy atom. The Morgan fingerprint density at radius 3 is 2.74 bits per heavy atom. The van der Waals surface area contributed by atoms with Gasteiger partial charge in [0.25, 0.3) is 0 Å². The number of carbonyl (C=O) groups is 1. The van der Waals surface area contributed by atoms with Crippen molar-refractivity contribution in [3.8, 4) is 0 Å². The Hall–Kier alpha value is -1.81. The normalized spacial score (nSPS) is 12.6. The molecule has 4 nitrogen and oxygen atoms in total. The topological polar surface area (TPSA) is 49.8 Å². The van der Waals surface area contributed by atoms with Gasteiger partial charge in [0.05, 0.1) is 6.61 Å². The van der Waals surface area contributed by atoms with Crippen LogP contribution in [-0.4, -0.2) is 37.9 Å². The highest BCUT2D eigenvalue weighted by atomic mass is 16.5. The predicted molar refractivity (Wildman–Crippen MR) is 77.6 cm³/mol. The second-order valence-electron chi connectivity index (χ2n) is 4.63.